The Kier molecular flexibility index (Phi) is 4.39. The van der Waals surface area contributed by atoms with Crippen LogP contribution in [0.3, 0.4) is 0 Å². The van der Waals surface area contributed by atoms with Gasteiger partial charge in [-0.3, -0.25) is 4.79 Å². The summed E-state index contributed by atoms with van der Waals surface area (Å²) in [6.45, 7) is 1.14. The van der Waals surface area contributed by atoms with Crippen LogP contribution in [0.5, 0.6) is 5.75 Å². The normalized spacial score (nSPS) is 16.3. The van der Waals surface area contributed by atoms with E-state index in [2.05, 4.69) is 17.4 Å². The van der Waals surface area contributed by atoms with Gasteiger partial charge in [0.15, 0.2) is 0 Å². The summed E-state index contributed by atoms with van der Waals surface area (Å²) in [5, 5.41) is 4.01. The predicted molar refractivity (Wildman–Crippen MR) is 101 cm³/mol. The SMILES string of the molecule is COc1ccc2c(c1)cc(C(=O)NCC1OCCc3ccccc31)n2C. The van der Waals surface area contributed by atoms with Crippen LogP contribution in [0.2, 0.25) is 0 Å². The summed E-state index contributed by atoms with van der Waals surface area (Å²) in [6.07, 6.45) is 0.824. The molecule has 1 atom stereocenters. The van der Waals surface area contributed by atoms with Crippen LogP contribution in [-0.4, -0.2) is 30.7 Å². The Morgan fingerprint density at radius 2 is 2.12 bits per heavy atom. The fraction of sp³-hybridized carbons (Fsp3) is 0.286. The highest BCUT2D eigenvalue weighted by Gasteiger charge is 2.22. The number of nitrogens with zero attached hydrogens (tertiary/aromatic N) is 1. The lowest BCUT2D eigenvalue weighted by atomic mass is 9.97. The van der Waals surface area contributed by atoms with E-state index in [9.17, 15) is 4.79 Å². The zero-order valence-electron chi connectivity index (χ0n) is 15.0. The molecule has 5 nitrogen and oxygen atoms in total. The van der Waals surface area contributed by atoms with E-state index in [1.54, 1.807) is 7.11 Å². The van der Waals surface area contributed by atoms with E-state index in [4.69, 9.17) is 9.47 Å². The van der Waals surface area contributed by atoms with E-state index in [-0.39, 0.29) is 12.0 Å². The van der Waals surface area contributed by atoms with E-state index < -0.39 is 0 Å². The van der Waals surface area contributed by atoms with E-state index in [1.165, 1.54) is 11.1 Å². The second-order valence-corrected chi connectivity index (χ2v) is 6.53. The molecule has 2 aromatic carbocycles. The molecule has 134 valence electrons. The standard InChI is InChI=1S/C21H22N2O3/c1-23-18-8-7-16(25-2)11-15(18)12-19(23)21(24)22-13-20-17-6-4-3-5-14(17)9-10-26-20/h3-8,11-12,20H,9-10,13H2,1-2H3,(H,22,24). The molecule has 3 aromatic rings. The van der Waals surface area contributed by atoms with E-state index >= 15 is 0 Å². The molecule has 0 spiro atoms. The summed E-state index contributed by atoms with van der Waals surface area (Å²) < 4.78 is 13.0. The number of amides is 1. The van der Waals surface area contributed by atoms with Crippen molar-refractivity contribution in [3.8, 4) is 5.75 Å². The summed E-state index contributed by atoms with van der Waals surface area (Å²) in [5.41, 5.74) is 4.09. The minimum Gasteiger partial charge on any atom is -0.497 e. The summed E-state index contributed by atoms with van der Waals surface area (Å²) >= 11 is 0. The largest absolute Gasteiger partial charge is 0.497 e. The Balaban J connectivity index is 1.52. The molecule has 1 unspecified atom stereocenters. The fourth-order valence-electron chi connectivity index (χ4n) is 3.59. The number of methoxy groups -OCH3 is 1. The molecule has 1 N–H and O–H groups in total. The summed E-state index contributed by atoms with van der Waals surface area (Å²) in [4.78, 5) is 12.7. The molecule has 0 radical (unpaired) electrons. The lowest BCUT2D eigenvalue weighted by molar-refractivity contribution is 0.0410. The molecule has 1 aliphatic heterocycles. The predicted octanol–water partition coefficient (Wildman–Crippen LogP) is 3.23. The number of carbonyl (C=O) groups excluding carboxylic acids is 1. The number of carbonyl (C=O) groups is 1. The third-order valence-electron chi connectivity index (χ3n) is 5.02. The first kappa shape index (κ1) is 16.7. The number of hydrogen-bond acceptors (Lipinski definition) is 3. The first-order valence-corrected chi connectivity index (χ1v) is 8.78. The summed E-state index contributed by atoms with van der Waals surface area (Å²) in [6, 6.07) is 16.0. The van der Waals surface area contributed by atoms with Crippen LogP contribution < -0.4 is 10.1 Å². The van der Waals surface area contributed by atoms with Gasteiger partial charge in [-0.1, -0.05) is 24.3 Å². The van der Waals surface area contributed by atoms with Crippen LogP contribution in [0.1, 0.15) is 27.7 Å². The maximum atomic E-state index is 12.7. The highest BCUT2D eigenvalue weighted by molar-refractivity contribution is 5.99. The Hall–Kier alpha value is -2.79. The highest BCUT2D eigenvalue weighted by Crippen LogP contribution is 2.27. The topological polar surface area (TPSA) is 52.5 Å². The van der Waals surface area contributed by atoms with Crippen molar-refractivity contribution < 1.29 is 14.3 Å². The van der Waals surface area contributed by atoms with Gasteiger partial charge in [-0.2, -0.15) is 0 Å². The molecule has 26 heavy (non-hydrogen) atoms. The third-order valence-corrected chi connectivity index (χ3v) is 5.02. The second kappa shape index (κ2) is 6.84. The third kappa shape index (κ3) is 2.95. The van der Waals surface area contributed by atoms with Crippen LogP contribution in [0.25, 0.3) is 10.9 Å². The quantitative estimate of drug-likeness (QED) is 0.786. The average molecular weight is 350 g/mol. The van der Waals surface area contributed by atoms with Gasteiger partial charge in [0.1, 0.15) is 17.5 Å². The molecule has 5 heteroatoms. The number of nitrogens with one attached hydrogen (secondary N) is 1. The van der Waals surface area contributed by atoms with Gasteiger partial charge in [0.2, 0.25) is 0 Å². The van der Waals surface area contributed by atoms with Crippen molar-refractivity contribution in [1.82, 2.24) is 9.88 Å². The lowest BCUT2D eigenvalue weighted by Gasteiger charge is -2.26. The fourth-order valence-corrected chi connectivity index (χ4v) is 3.59. The van der Waals surface area contributed by atoms with Crippen LogP contribution in [-0.2, 0) is 18.2 Å². The average Bonchev–Trinajstić information content (AvgIpc) is 3.02. The number of rotatable bonds is 4. The van der Waals surface area contributed by atoms with Gasteiger partial charge < -0.3 is 19.4 Å². The molecular weight excluding hydrogens is 328 g/mol. The Morgan fingerprint density at radius 3 is 2.96 bits per heavy atom. The molecule has 1 amide bonds. The molecule has 2 heterocycles. The number of benzene rings is 2. The van der Waals surface area contributed by atoms with Gasteiger partial charge in [0.05, 0.1) is 13.7 Å². The second-order valence-electron chi connectivity index (χ2n) is 6.53. The van der Waals surface area contributed by atoms with Crippen molar-refractivity contribution in [2.24, 2.45) is 7.05 Å². The van der Waals surface area contributed by atoms with Crippen molar-refractivity contribution in [3.63, 3.8) is 0 Å². The van der Waals surface area contributed by atoms with Crippen molar-refractivity contribution >= 4 is 16.8 Å². The minimum absolute atomic E-state index is 0.0984. The number of aryl methyl sites for hydroxylation is 1. The molecule has 1 aliphatic rings. The maximum Gasteiger partial charge on any atom is 0.268 e. The van der Waals surface area contributed by atoms with Gasteiger partial charge in [-0.05, 0) is 41.8 Å². The zero-order chi connectivity index (χ0) is 18.1. The molecule has 0 saturated carbocycles. The molecule has 0 aliphatic carbocycles. The van der Waals surface area contributed by atoms with Gasteiger partial charge in [0.25, 0.3) is 5.91 Å². The van der Waals surface area contributed by atoms with Crippen LogP contribution in [0.4, 0.5) is 0 Å². The molecule has 4 rings (SSSR count). The molecule has 0 bridgehead atoms. The van der Waals surface area contributed by atoms with E-state index in [1.807, 2.05) is 48.0 Å². The van der Waals surface area contributed by atoms with Gasteiger partial charge in [0, 0.05) is 24.5 Å². The molecule has 0 saturated heterocycles. The van der Waals surface area contributed by atoms with Gasteiger partial charge in [-0.15, -0.1) is 0 Å². The van der Waals surface area contributed by atoms with Crippen LogP contribution in [0.15, 0.2) is 48.5 Å². The first-order valence-electron chi connectivity index (χ1n) is 8.78. The van der Waals surface area contributed by atoms with E-state index in [0.29, 0.717) is 18.8 Å². The zero-order valence-corrected chi connectivity index (χ0v) is 15.0. The maximum absolute atomic E-state index is 12.7. The minimum atomic E-state index is -0.102. The number of fused-ring (bicyclic) bond motifs is 2. The first-order chi connectivity index (χ1) is 12.7. The lowest BCUT2D eigenvalue weighted by Crippen LogP contribution is -2.32. The number of aromatic nitrogens is 1. The van der Waals surface area contributed by atoms with Crippen molar-refractivity contribution in [1.29, 1.82) is 0 Å². The Bertz CT molecular complexity index is 961. The summed E-state index contributed by atoms with van der Waals surface area (Å²) in [5.74, 6) is 0.677. The molecular formula is C21H22N2O3. The smallest absolute Gasteiger partial charge is 0.268 e. The van der Waals surface area contributed by atoms with Crippen molar-refractivity contribution in [2.75, 3.05) is 20.3 Å². The molecule has 1 aromatic heterocycles. The van der Waals surface area contributed by atoms with E-state index in [0.717, 1.165) is 23.1 Å². The monoisotopic (exact) mass is 350 g/mol. The number of hydrogen-bond donors (Lipinski definition) is 1. The van der Waals surface area contributed by atoms with Crippen LogP contribution >= 0.6 is 0 Å². The van der Waals surface area contributed by atoms with Gasteiger partial charge in [-0.25, -0.2) is 0 Å². The Morgan fingerprint density at radius 1 is 1.27 bits per heavy atom. The highest BCUT2D eigenvalue weighted by atomic mass is 16.5. The van der Waals surface area contributed by atoms with Gasteiger partial charge >= 0.3 is 0 Å². The number of ether oxygens (including phenoxy) is 2. The van der Waals surface area contributed by atoms with Crippen molar-refractivity contribution in [2.45, 2.75) is 12.5 Å². The Labute approximate surface area is 152 Å². The van der Waals surface area contributed by atoms with Crippen LogP contribution in [0, 0.1) is 0 Å². The van der Waals surface area contributed by atoms with Crippen molar-refractivity contribution in [3.05, 3.63) is 65.4 Å². The summed E-state index contributed by atoms with van der Waals surface area (Å²) in [7, 11) is 3.54. The molecule has 0 fully saturated rings.